The molecule has 0 spiro atoms. The zero-order chi connectivity index (χ0) is 17.7. The number of aromatic nitrogens is 1. The van der Waals surface area contributed by atoms with Gasteiger partial charge < -0.3 is 19.8 Å². The van der Waals surface area contributed by atoms with Crippen LogP contribution in [0.15, 0.2) is 24.3 Å². The van der Waals surface area contributed by atoms with Crippen molar-refractivity contribution < 1.29 is 19.1 Å². The summed E-state index contributed by atoms with van der Waals surface area (Å²) in [6, 6.07) is 7.20. The molecule has 2 aromatic rings. The fourth-order valence-electron chi connectivity index (χ4n) is 2.52. The molecule has 1 amide bonds. The summed E-state index contributed by atoms with van der Waals surface area (Å²) in [6.07, 6.45) is 0. The van der Waals surface area contributed by atoms with Crippen LogP contribution in [0.5, 0.6) is 5.75 Å². The first-order chi connectivity index (χ1) is 11.5. The van der Waals surface area contributed by atoms with Crippen LogP contribution in [-0.2, 0) is 4.74 Å². The molecule has 24 heavy (non-hydrogen) atoms. The number of aromatic amines is 1. The van der Waals surface area contributed by atoms with Crippen molar-refractivity contribution in [2.45, 2.75) is 27.7 Å². The lowest BCUT2D eigenvalue weighted by Crippen LogP contribution is -2.15. The van der Waals surface area contributed by atoms with Crippen molar-refractivity contribution >= 4 is 17.6 Å². The Morgan fingerprint density at radius 1 is 1.12 bits per heavy atom. The molecule has 1 aromatic heterocycles. The smallest absolute Gasteiger partial charge is 0.340 e. The number of esters is 1. The molecule has 0 saturated heterocycles. The number of H-pyrrole nitrogens is 1. The first-order valence-electron chi connectivity index (χ1n) is 7.89. The fourth-order valence-corrected chi connectivity index (χ4v) is 2.52. The second-order valence-corrected chi connectivity index (χ2v) is 5.23. The van der Waals surface area contributed by atoms with Gasteiger partial charge in [-0.2, -0.15) is 0 Å². The van der Waals surface area contributed by atoms with Crippen molar-refractivity contribution in [2.75, 3.05) is 18.5 Å². The van der Waals surface area contributed by atoms with E-state index in [1.807, 2.05) is 19.1 Å². The van der Waals surface area contributed by atoms with Gasteiger partial charge in [0.15, 0.2) is 0 Å². The van der Waals surface area contributed by atoms with Gasteiger partial charge in [0.05, 0.1) is 24.5 Å². The van der Waals surface area contributed by atoms with E-state index in [0.29, 0.717) is 40.6 Å². The Balaban J connectivity index is 2.28. The van der Waals surface area contributed by atoms with E-state index >= 15 is 0 Å². The molecule has 6 heteroatoms. The molecule has 0 bridgehead atoms. The van der Waals surface area contributed by atoms with Crippen LogP contribution in [0.1, 0.15) is 46.0 Å². The van der Waals surface area contributed by atoms with Crippen molar-refractivity contribution in [3.8, 4) is 5.75 Å². The average Bonchev–Trinajstić information content (AvgIpc) is 2.84. The standard InChI is InChI=1S/C18H22N2O4/c1-5-23-14-10-8-7-9-13(14)20-17(21)16-11(3)15(12(4)19-16)18(22)24-6-2/h7-10,19H,5-6H2,1-4H3,(H,20,21). The van der Waals surface area contributed by atoms with E-state index in [-0.39, 0.29) is 12.5 Å². The lowest BCUT2D eigenvalue weighted by Gasteiger charge is -2.11. The number of amides is 1. The third kappa shape index (κ3) is 3.59. The number of aryl methyl sites for hydroxylation is 1. The Bertz CT molecular complexity index is 749. The van der Waals surface area contributed by atoms with Gasteiger partial charge in [-0.05, 0) is 45.4 Å². The maximum Gasteiger partial charge on any atom is 0.340 e. The Hall–Kier alpha value is -2.76. The van der Waals surface area contributed by atoms with E-state index in [1.165, 1.54) is 0 Å². The van der Waals surface area contributed by atoms with Gasteiger partial charge in [-0.25, -0.2) is 4.79 Å². The van der Waals surface area contributed by atoms with E-state index in [2.05, 4.69) is 10.3 Å². The lowest BCUT2D eigenvalue weighted by molar-refractivity contribution is 0.0525. The molecule has 0 aliphatic rings. The molecule has 2 rings (SSSR count). The average molecular weight is 330 g/mol. The van der Waals surface area contributed by atoms with Crippen LogP contribution in [0.4, 0.5) is 5.69 Å². The Labute approximate surface area is 141 Å². The predicted molar refractivity (Wildman–Crippen MR) is 91.8 cm³/mol. The largest absolute Gasteiger partial charge is 0.492 e. The molecule has 1 aromatic carbocycles. The number of rotatable bonds is 6. The minimum Gasteiger partial charge on any atom is -0.492 e. The maximum absolute atomic E-state index is 12.6. The molecule has 0 unspecified atom stereocenters. The molecule has 0 radical (unpaired) electrons. The van der Waals surface area contributed by atoms with Crippen LogP contribution in [-0.4, -0.2) is 30.1 Å². The van der Waals surface area contributed by atoms with Gasteiger partial charge in [0.25, 0.3) is 5.91 Å². The first kappa shape index (κ1) is 17.6. The quantitative estimate of drug-likeness (QED) is 0.795. The van der Waals surface area contributed by atoms with Gasteiger partial charge in [0.2, 0.25) is 0 Å². The maximum atomic E-state index is 12.6. The molecule has 128 valence electrons. The van der Waals surface area contributed by atoms with Gasteiger partial charge in [0.1, 0.15) is 11.4 Å². The first-order valence-corrected chi connectivity index (χ1v) is 7.89. The van der Waals surface area contributed by atoms with Crippen LogP contribution in [0.2, 0.25) is 0 Å². The molecule has 0 aliphatic carbocycles. The molecule has 0 fully saturated rings. The predicted octanol–water partition coefficient (Wildman–Crippen LogP) is 3.46. The summed E-state index contributed by atoms with van der Waals surface area (Å²) in [5.41, 5.74) is 2.49. The van der Waals surface area contributed by atoms with Crippen molar-refractivity contribution in [3.05, 3.63) is 46.8 Å². The van der Waals surface area contributed by atoms with Crippen molar-refractivity contribution in [3.63, 3.8) is 0 Å². The van der Waals surface area contributed by atoms with E-state index in [9.17, 15) is 9.59 Å². The number of hydrogen-bond acceptors (Lipinski definition) is 4. The number of benzene rings is 1. The molecule has 0 aliphatic heterocycles. The van der Waals surface area contributed by atoms with E-state index in [0.717, 1.165) is 0 Å². The number of nitrogens with one attached hydrogen (secondary N) is 2. The Morgan fingerprint density at radius 3 is 2.50 bits per heavy atom. The molecule has 2 N–H and O–H groups in total. The summed E-state index contributed by atoms with van der Waals surface area (Å²) in [6.45, 7) is 7.87. The van der Waals surface area contributed by atoms with Crippen LogP contribution in [0, 0.1) is 13.8 Å². The van der Waals surface area contributed by atoms with E-state index in [4.69, 9.17) is 9.47 Å². The number of ether oxygens (including phenoxy) is 2. The molecule has 1 heterocycles. The van der Waals surface area contributed by atoms with Crippen LogP contribution in [0.25, 0.3) is 0 Å². The lowest BCUT2D eigenvalue weighted by atomic mass is 10.1. The highest BCUT2D eigenvalue weighted by atomic mass is 16.5. The second-order valence-electron chi connectivity index (χ2n) is 5.23. The SMILES string of the molecule is CCOC(=O)c1c(C)[nH]c(C(=O)Nc2ccccc2OCC)c1C. The Kier molecular flexibility index (Phi) is 5.63. The van der Waals surface area contributed by atoms with Crippen molar-refractivity contribution in [1.82, 2.24) is 4.98 Å². The van der Waals surface area contributed by atoms with Crippen molar-refractivity contribution in [2.24, 2.45) is 0 Å². The normalized spacial score (nSPS) is 10.3. The van der Waals surface area contributed by atoms with Gasteiger partial charge in [-0.15, -0.1) is 0 Å². The highest BCUT2D eigenvalue weighted by Gasteiger charge is 2.23. The number of anilines is 1. The highest BCUT2D eigenvalue weighted by Crippen LogP contribution is 2.25. The Morgan fingerprint density at radius 2 is 1.83 bits per heavy atom. The molecular weight excluding hydrogens is 308 g/mol. The number of hydrogen-bond donors (Lipinski definition) is 2. The summed E-state index contributed by atoms with van der Waals surface area (Å²) in [5.74, 6) is -0.171. The summed E-state index contributed by atoms with van der Waals surface area (Å²) in [4.78, 5) is 27.6. The van der Waals surface area contributed by atoms with Crippen LogP contribution in [0.3, 0.4) is 0 Å². The molecule has 6 nitrogen and oxygen atoms in total. The van der Waals surface area contributed by atoms with Crippen LogP contribution < -0.4 is 10.1 Å². The topological polar surface area (TPSA) is 80.4 Å². The zero-order valence-electron chi connectivity index (χ0n) is 14.4. The summed E-state index contributed by atoms with van der Waals surface area (Å²) >= 11 is 0. The monoisotopic (exact) mass is 330 g/mol. The number of carbonyl (C=O) groups is 2. The third-order valence-electron chi connectivity index (χ3n) is 3.58. The zero-order valence-corrected chi connectivity index (χ0v) is 14.4. The number of carbonyl (C=O) groups excluding carboxylic acids is 2. The third-order valence-corrected chi connectivity index (χ3v) is 3.58. The molecule has 0 atom stereocenters. The van der Waals surface area contributed by atoms with E-state index in [1.54, 1.807) is 32.9 Å². The summed E-state index contributed by atoms with van der Waals surface area (Å²) in [5, 5.41) is 2.82. The van der Waals surface area contributed by atoms with Gasteiger partial charge in [0, 0.05) is 5.69 Å². The highest BCUT2D eigenvalue weighted by molar-refractivity contribution is 6.07. The van der Waals surface area contributed by atoms with Gasteiger partial charge in [-0.1, -0.05) is 12.1 Å². The minimum absolute atomic E-state index is 0.284. The summed E-state index contributed by atoms with van der Waals surface area (Å²) in [7, 11) is 0. The van der Waals surface area contributed by atoms with E-state index < -0.39 is 5.97 Å². The second kappa shape index (κ2) is 7.68. The summed E-state index contributed by atoms with van der Waals surface area (Å²) < 4.78 is 10.5. The van der Waals surface area contributed by atoms with Gasteiger partial charge >= 0.3 is 5.97 Å². The van der Waals surface area contributed by atoms with Crippen LogP contribution >= 0.6 is 0 Å². The number of para-hydroxylation sites is 2. The fraction of sp³-hybridized carbons (Fsp3) is 0.333. The molecule has 0 saturated carbocycles. The van der Waals surface area contributed by atoms with Gasteiger partial charge in [-0.3, -0.25) is 4.79 Å². The van der Waals surface area contributed by atoms with Crippen molar-refractivity contribution in [1.29, 1.82) is 0 Å². The minimum atomic E-state index is -0.433. The molecular formula is C18H22N2O4.